The van der Waals surface area contributed by atoms with E-state index in [4.69, 9.17) is 9.47 Å². The summed E-state index contributed by atoms with van der Waals surface area (Å²) in [6, 6.07) is -0.590. The number of halogens is 1. The van der Waals surface area contributed by atoms with Gasteiger partial charge in [-0.05, 0) is 31.4 Å². The minimum atomic E-state index is -1.17. The number of allylic oxidation sites excluding steroid dienone is 2. The number of rotatable bonds is 7. The van der Waals surface area contributed by atoms with E-state index in [9.17, 15) is 9.18 Å². The van der Waals surface area contributed by atoms with E-state index < -0.39 is 12.2 Å². The molecule has 2 unspecified atom stereocenters. The second-order valence-electron chi connectivity index (χ2n) is 8.36. The molecule has 0 bridgehead atoms. The van der Waals surface area contributed by atoms with E-state index in [-0.39, 0.29) is 12.5 Å². The first-order chi connectivity index (χ1) is 16.3. The van der Waals surface area contributed by atoms with Crippen LogP contribution in [0.25, 0.3) is 11.9 Å². The van der Waals surface area contributed by atoms with Gasteiger partial charge in [0.1, 0.15) is 11.9 Å². The molecule has 2 atom stereocenters. The Hall–Kier alpha value is -3.76. The number of nitrogens with zero attached hydrogens (tertiary/aromatic N) is 5. The lowest BCUT2D eigenvalue weighted by Gasteiger charge is -2.26. The van der Waals surface area contributed by atoms with Gasteiger partial charge in [0, 0.05) is 25.5 Å². The zero-order chi connectivity index (χ0) is 24.4. The summed E-state index contributed by atoms with van der Waals surface area (Å²) in [5, 5.41) is 10.4. The van der Waals surface area contributed by atoms with Crippen LogP contribution in [-0.4, -0.2) is 69.7 Å². The van der Waals surface area contributed by atoms with Crippen LogP contribution in [0, 0.1) is 0 Å². The van der Waals surface area contributed by atoms with Crippen molar-refractivity contribution in [3.63, 3.8) is 0 Å². The summed E-state index contributed by atoms with van der Waals surface area (Å²) in [5.74, 6) is 1.31. The Bertz CT molecular complexity index is 1150. The molecule has 1 fully saturated rings. The van der Waals surface area contributed by atoms with Gasteiger partial charge in [0.15, 0.2) is 5.82 Å². The number of hydrogen-bond acceptors (Lipinski definition) is 7. The number of amides is 1. The normalized spacial score (nSPS) is 23.9. The largest absolute Gasteiger partial charge is 0.481 e. The number of imidazole rings is 1. The maximum atomic E-state index is 14.7. The molecule has 2 aliphatic rings. The Morgan fingerprint density at radius 1 is 1.29 bits per heavy atom. The van der Waals surface area contributed by atoms with Gasteiger partial charge in [-0.2, -0.15) is 0 Å². The molecule has 10 nitrogen and oxygen atoms in total. The molecule has 1 saturated heterocycles. The van der Waals surface area contributed by atoms with Crippen molar-refractivity contribution < 1.29 is 18.7 Å². The highest BCUT2D eigenvalue weighted by Crippen LogP contribution is 2.34. The number of alkyl halides is 1. The number of aromatic nitrogens is 4. The van der Waals surface area contributed by atoms with Gasteiger partial charge < -0.3 is 25.0 Å². The molecule has 2 aromatic rings. The summed E-state index contributed by atoms with van der Waals surface area (Å²) in [5.41, 5.74) is 3.55. The van der Waals surface area contributed by atoms with Crippen molar-refractivity contribution in [2.24, 2.45) is 7.05 Å². The number of methoxy groups -OCH3 is 2. The van der Waals surface area contributed by atoms with Crippen molar-refractivity contribution in [3.8, 4) is 11.8 Å². The standard InChI is InChI=1S/C23H30FN7O3/c1-6-19(32)26-17-13-30(11-16(17)24)15-8-7-14(2)21(22-25-9-20(33-4)31(22)10-15)27-18-12-29(3)28-23(18)34-5/h6,9-10,12,16-17,27H,1,7-8,11,13H2,2-5H3,(H,26,32)/b15-10+,21-14+. The van der Waals surface area contributed by atoms with E-state index in [1.54, 1.807) is 25.1 Å². The first-order valence-corrected chi connectivity index (χ1v) is 11.0. The highest BCUT2D eigenvalue weighted by atomic mass is 19.1. The third kappa shape index (κ3) is 4.50. The molecule has 182 valence electrons. The lowest BCUT2D eigenvalue weighted by Crippen LogP contribution is -2.40. The van der Waals surface area contributed by atoms with Crippen LogP contribution < -0.4 is 20.1 Å². The van der Waals surface area contributed by atoms with E-state index >= 15 is 0 Å². The lowest BCUT2D eigenvalue weighted by molar-refractivity contribution is -0.117. The molecule has 1 amide bonds. The SMILES string of the molecule is C=CC(=O)NC1CN(/C2=C/n3c(OC)cnc3/C(Nc3cn(C)nc3OC)=C(/C)CC2)CC1F. The molecule has 0 radical (unpaired) electrons. The maximum Gasteiger partial charge on any atom is 0.256 e. The smallest absolute Gasteiger partial charge is 0.256 e. The predicted octanol–water partition coefficient (Wildman–Crippen LogP) is 2.39. The van der Waals surface area contributed by atoms with Crippen molar-refractivity contribution >= 4 is 23.5 Å². The molecule has 34 heavy (non-hydrogen) atoms. The van der Waals surface area contributed by atoms with E-state index in [1.165, 1.54) is 0 Å². The lowest BCUT2D eigenvalue weighted by atomic mass is 10.1. The number of ether oxygens (including phenoxy) is 2. The molecular weight excluding hydrogens is 441 g/mol. The van der Waals surface area contributed by atoms with Crippen LogP contribution in [-0.2, 0) is 11.8 Å². The third-order valence-corrected chi connectivity index (χ3v) is 6.07. The van der Waals surface area contributed by atoms with E-state index in [0.29, 0.717) is 30.5 Å². The average molecular weight is 472 g/mol. The van der Waals surface area contributed by atoms with Gasteiger partial charge in [-0.15, -0.1) is 5.10 Å². The monoisotopic (exact) mass is 471 g/mol. The first-order valence-electron chi connectivity index (χ1n) is 11.0. The van der Waals surface area contributed by atoms with Gasteiger partial charge in [0.05, 0.1) is 44.9 Å². The second kappa shape index (κ2) is 9.62. The summed E-state index contributed by atoms with van der Waals surface area (Å²) in [4.78, 5) is 18.3. The summed E-state index contributed by atoms with van der Waals surface area (Å²) >= 11 is 0. The zero-order valence-electron chi connectivity index (χ0n) is 19.8. The van der Waals surface area contributed by atoms with Gasteiger partial charge >= 0.3 is 0 Å². The molecule has 2 aromatic heterocycles. The number of anilines is 1. The number of carbonyl (C=O) groups excluding carboxylic acids is 1. The van der Waals surface area contributed by atoms with Gasteiger partial charge in [0.25, 0.3) is 5.88 Å². The Labute approximate surface area is 197 Å². The van der Waals surface area contributed by atoms with Crippen molar-refractivity contribution in [1.29, 1.82) is 0 Å². The number of hydrogen-bond donors (Lipinski definition) is 2. The first kappa shape index (κ1) is 23.4. The molecule has 2 aliphatic heterocycles. The molecule has 2 N–H and O–H groups in total. The predicted molar refractivity (Wildman–Crippen MR) is 127 cm³/mol. The second-order valence-corrected chi connectivity index (χ2v) is 8.36. The highest BCUT2D eigenvalue weighted by Gasteiger charge is 2.35. The summed E-state index contributed by atoms with van der Waals surface area (Å²) in [6.07, 6.45) is 6.81. The molecule has 0 spiro atoms. The van der Waals surface area contributed by atoms with Crippen molar-refractivity contribution in [2.75, 3.05) is 32.6 Å². The maximum absolute atomic E-state index is 14.7. The van der Waals surface area contributed by atoms with E-state index in [0.717, 1.165) is 35.2 Å². The fourth-order valence-corrected chi connectivity index (χ4v) is 4.27. The van der Waals surface area contributed by atoms with Crippen LogP contribution in [0.4, 0.5) is 10.1 Å². The fraction of sp³-hybridized carbons (Fsp3) is 0.435. The summed E-state index contributed by atoms with van der Waals surface area (Å²) in [7, 11) is 4.98. The van der Waals surface area contributed by atoms with Crippen LogP contribution >= 0.6 is 0 Å². The van der Waals surface area contributed by atoms with Crippen molar-refractivity contribution in [3.05, 3.63) is 42.1 Å². The highest BCUT2D eigenvalue weighted by molar-refractivity contribution is 5.87. The number of likely N-dealkylation sites (tertiary alicyclic amines) is 1. The molecule has 0 aromatic carbocycles. The Kier molecular flexibility index (Phi) is 6.62. The van der Waals surface area contributed by atoms with Gasteiger partial charge in [-0.25, -0.2) is 9.37 Å². The Morgan fingerprint density at radius 3 is 2.79 bits per heavy atom. The van der Waals surface area contributed by atoms with Crippen molar-refractivity contribution in [2.45, 2.75) is 32.0 Å². The van der Waals surface area contributed by atoms with Crippen LogP contribution in [0.3, 0.4) is 0 Å². The zero-order valence-corrected chi connectivity index (χ0v) is 19.8. The minimum absolute atomic E-state index is 0.195. The van der Waals surface area contributed by atoms with Gasteiger partial charge in [-0.3, -0.25) is 14.0 Å². The van der Waals surface area contributed by atoms with Crippen molar-refractivity contribution in [1.82, 2.24) is 29.5 Å². The Balaban J connectivity index is 1.67. The topological polar surface area (TPSA) is 98.5 Å². The average Bonchev–Trinajstić information content (AvgIpc) is 3.49. The quantitative estimate of drug-likeness (QED) is 0.599. The van der Waals surface area contributed by atoms with Crippen LogP contribution in [0.2, 0.25) is 0 Å². The van der Waals surface area contributed by atoms with Gasteiger partial charge in [0.2, 0.25) is 11.8 Å². The minimum Gasteiger partial charge on any atom is -0.481 e. The summed E-state index contributed by atoms with van der Waals surface area (Å²) < 4.78 is 29.2. The molecular formula is C23H30FN7O3. The van der Waals surface area contributed by atoms with E-state index in [1.807, 2.05) is 35.8 Å². The number of nitrogens with one attached hydrogen (secondary N) is 2. The van der Waals surface area contributed by atoms with Crippen LogP contribution in [0.15, 0.2) is 36.3 Å². The molecule has 11 heteroatoms. The number of fused-ring (bicyclic) bond motifs is 1. The molecule has 0 saturated carbocycles. The molecule has 4 rings (SSSR count). The van der Waals surface area contributed by atoms with Gasteiger partial charge in [-0.1, -0.05) is 6.58 Å². The Morgan fingerprint density at radius 2 is 2.09 bits per heavy atom. The molecule has 0 aliphatic carbocycles. The fourth-order valence-electron chi connectivity index (χ4n) is 4.27. The third-order valence-electron chi connectivity index (χ3n) is 6.07. The van der Waals surface area contributed by atoms with Crippen LogP contribution in [0.1, 0.15) is 25.6 Å². The summed E-state index contributed by atoms with van der Waals surface area (Å²) in [6.45, 7) is 6.05. The van der Waals surface area contributed by atoms with Crippen LogP contribution in [0.5, 0.6) is 11.8 Å². The number of aryl methyl sites for hydroxylation is 1. The van der Waals surface area contributed by atoms with E-state index in [2.05, 4.69) is 27.3 Å². The molecule has 4 heterocycles. The number of carbonyl (C=O) groups is 1.